The lowest BCUT2D eigenvalue weighted by Crippen LogP contribution is -2.03. The Morgan fingerprint density at radius 1 is 1.35 bits per heavy atom. The van der Waals surface area contributed by atoms with Crippen molar-refractivity contribution >= 4 is 0 Å². The molecule has 0 spiro atoms. The van der Waals surface area contributed by atoms with E-state index in [9.17, 15) is 0 Å². The number of hydrogen-bond acceptors (Lipinski definition) is 2. The van der Waals surface area contributed by atoms with Crippen molar-refractivity contribution in [3.63, 3.8) is 0 Å². The standard InChI is InChI=1S/C14H19N3/c1-3-4-14-16-7-8-17(14)13-6-5-12(10-15)11(2)9-13/h5-9H,3-4,10,15H2,1-2H3. The Labute approximate surface area is 102 Å². The van der Waals surface area contributed by atoms with Gasteiger partial charge in [-0.3, -0.25) is 0 Å². The van der Waals surface area contributed by atoms with E-state index in [1.165, 1.54) is 16.8 Å². The number of rotatable bonds is 4. The molecule has 1 heterocycles. The number of hydrogen-bond donors (Lipinski definition) is 1. The van der Waals surface area contributed by atoms with Crippen molar-refractivity contribution in [3.05, 3.63) is 47.5 Å². The molecule has 0 saturated heterocycles. The molecule has 0 aliphatic heterocycles. The fraction of sp³-hybridized carbons (Fsp3) is 0.357. The zero-order valence-electron chi connectivity index (χ0n) is 10.5. The lowest BCUT2D eigenvalue weighted by molar-refractivity contribution is 0.808. The third kappa shape index (κ3) is 2.39. The van der Waals surface area contributed by atoms with E-state index >= 15 is 0 Å². The fourth-order valence-electron chi connectivity index (χ4n) is 2.04. The number of nitrogens with two attached hydrogens (primary N) is 1. The molecule has 2 rings (SSSR count). The number of imidazole rings is 1. The molecule has 0 amide bonds. The number of benzene rings is 1. The van der Waals surface area contributed by atoms with Crippen LogP contribution >= 0.6 is 0 Å². The number of nitrogens with zero attached hydrogens (tertiary/aromatic N) is 2. The minimum Gasteiger partial charge on any atom is -0.326 e. The van der Waals surface area contributed by atoms with Crippen molar-refractivity contribution in [2.24, 2.45) is 5.73 Å². The van der Waals surface area contributed by atoms with Crippen LogP contribution < -0.4 is 5.73 Å². The molecular weight excluding hydrogens is 210 g/mol. The van der Waals surface area contributed by atoms with Gasteiger partial charge in [0.2, 0.25) is 0 Å². The molecule has 3 nitrogen and oxygen atoms in total. The van der Waals surface area contributed by atoms with Crippen LogP contribution in [-0.4, -0.2) is 9.55 Å². The average Bonchev–Trinajstić information content (AvgIpc) is 2.78. The summed E-state index contributed by atoms with van der Waals surface area (Å²) in [5.41, 5.74) is 9.28. The van der Waals surface area contributed by atoms with Crippen molar-refractivity contribution in [2.45, 2.75) is 33.2 Å². The Kier molecular flexibility index (Phi) is 3.59. The highest BCUT2D eigenvalue weighted by Crippen LogP contribution is 2.16. The molecule has 3 heteroatoms. The summed E-state index contributed by atoms with van der Waals surface area (Å²) in [6, 6.07) is 6.37. The Hall–Kier alpha value is -1.61. The Balaban J connectivity index is 2.39. The second kappa shape index (κ2) is 5.15. The quantitative estimate of drug-likeness (QED) is 0.875. The molecule has 2 aromatic rings. The fourth-order valence-corrected chi connectivity index (χ4v) is 2.04. The third-order valence-corrected chi connectivity index (χ3v) is 3.02. The lowest BCUT2D eigenvalue weighted by Gasteiger charge is -2.10. The first-order valence-electron chi connectivity index (χ1n) is 6.08. The highest BCUT2D eigenvalue weighted by Gasteiger charge is 2.05. The average molecular weight is 229 g/mol. The van der Waals surface area contributed by atoms with Crippen molar-refractivity contribution in [1.82, 2.24) is 9.55 Å². The first-order chi connectivity index (χ1) is 8.26. The van der Waals surface area contributed by atoms with Gasteiger partial charge in [-0.05, 0) is 36.6 Å². The summed E-state index contributed by atoms with van der Waals surface area (Å²) in [7, 11) is 0. The largest absolute Gasteiger partial charge is 0.326 e. The summed E-state index contributed by atoms with van der Waals surface area (Å²) in [5.74, 6) is 1.12. The van der Waals surface area contributed by atoms with Gasteiger partial charge in [0.25, 0.3) is 0 Å². The van der Waals surface area contributed by atoms with Crippen LogP contribution in [0.15, 0.2) is 30.6 Å². The zero-order chi connectivity index (χ0) is 12.3. The van der Waals surface area contributed by atoms with Crippen LogP contribution in [0, 0.1) is 6.92 Å². The van der Waals surface area contributed by atoms with Crippen molar-refractivity contribution in [2.75, 3.05) is 0 Å². The van der Waals surface area contributed by atoms with Crippen LogP contribution in [0.4, 0.5) is 0 Å². The van der Waals surface area contributed by atoms with Crippen molar-refractivity contribution in [3.8, 4) is 5.69 Å². The van der Waals surface area contributed by atoms with Crippen molar-refractivity contribution in [1.29, 1.82) is 0 Å². The molecule has 0 fully saturated rings. The Morgan fingerprint density at radius 3 is 2.82 bits per heavy atom. The maximum atomic E-state index is 5.68. The molecule has 17 heavy (non-hydrogen) atoms. The van der Waals surface area contributed by atoms with Crippen LogP contribution in [0.5, 0.6) is 0 Å². The van der Waals surface area contributed by atoms with Crippen LogP contribution in [0.1, 0.15) is 30.3 Å². The summed E-state index contributed by atoms with van der Waals surface area (Å²) in [6.45, 7) is 4.86. The molecule has 1 aromatic heterocycles. The maximum absolute atomic E-state index is 5.68. The number of aromatic nitrogens is 2. The van der Waals surface area contributed by atoms with Gasteiger partial charge in [-0.15, -0.1) is 0 Å². The van der Waals surface area contributed by atoms with Gasteiger partial charge < -0.3 is 10.3 Å². The predicted molar refractivity (Wildman–Crippen MR) is 70.2 cm³/mol. The van der Waals surface area contributed by atoms with E-state index in [2.05, 4.69) is 41.6 Å². The minimum absolute atomic E-state index is 0.595. The van der Waals surface area contributed by atoms with Crippen LogP contribution in [0.25, 0.3) is 5.69 Å². The second-order valence-electron chi connectivity index (χ2n) is 4.28. The molecule has 0 atom stereocenters. The molecule has 0 aliphatic rings. The summed E-state index contributed by atoms with van der Waals surface area (Å²) >= 11 is 0. The molecule has 90 valence electrons. The van der Waals surface area contributed by atoms with Crippen LogP contribution in [0.3, 0.4) is 0 Å². The Bertz CT molecular complexity index is 500. The van der Waals surface area contributed by atoms with E-state index in [1.807, 2.05) is 12.4 Å². The maximum Gasteiger partial charge on any atom is 0.113 e. The summed E-state index contributed by atoms with van der Waals surface area (Å²) < 4.78 is 2.15. The molecule has 0 aliphatic carbocycles. The lowest BCUT2D eigenvalue weighted by atomic mass is 10.1. The highest BCUT2D eigenvalue weighted by molar-refractivity contribution is 5.41. The topological polar surface area (TPSA) is 43.8 Å². The first kappa shape index (κ1) is 11.9. The van der Waals surface area contributed by atoms with Crippen LogP contribution in [0.2, 0.25) is 0 Å². The minimum atomic E-state index is 0.595. The van der Waals surface area contributed by atoms with E-state index in [0.717, 1.165) is 18.7 Å². The monoisotopic (exact) mass is 229 g/mol. The normalized spacial score (nSPS) is 10.8. The van der Waals surface area contributed by atoms with Gasteiger partial charge in [-0.1, -0.05) is 13.0 Å². The van der Waals surface area contributed by atoms with Gasteiger partial charge in [-0.25, -0.2) is 4.98 Å². The Morgan fingerprint density at radius 2 is 2.18 bits per heavy atom. The van der Waals surface area contributed by atoms with Gasteiger partial charge in [-0.2, -0.15) is 0 Å². The van der Waals surface area contributed by atoms with Gasteiger partial charge in [0, 0.05) is 31.0 Å². The molecule has 0 unspecified atom stereocenters. The molecular formula is C14H19N3. The summed E-state index contributed by atoms with van der Waals surface area (Å²) in [6.07, 6.45) is 5.99. The third-order valence-electron chi connectivity index (χ3n) is 3.02. The smallest absolute Gasteiger partial charge is 0.113 e. The molecule has 0 radical (unpaired) electrons. The summed E-state index contributed by atoms with van der Waals surface area (Å²) in [4.78, 5) is 4.39. The molecule has 1 aromatic carbocycles. The van der Waals surface area contributed by atoms with E-state index in [0.29, 0.717) is 6.54 Å². The van der Waals surface area contributed by atoms with Crippen molar-refractivity contribution < 1.29 is 0 Å². The molecule has 2 N–H and O–H groups in total. The second-order valence-corrected chi connectivity index (χ2v) is 4.28. The van der Waals surface area contributed by atoms with Gasteiger partial charge in [0.15, 0.2) is 0 Å². The first-order valence-corrected chi connectivity index (χ1v) is 6.08. The van der Waals surface area contributed by atoms with Gasteiger partial charge >= 0.3 is 0 Å². The molecule has 0 saturated carbocycles. The number of aryl methyl sites for hydroxylation is 2. The van der Waals surface area contributed by atoms with E-state index in [4.69, 9.17) is 5.73 Å². The molecule has 0 bridgehead atoms. The SMILES string of the molecule is CCCc1nccn1-c1ccc(CN)c(C)c1. The van der Waals surface area contributed by atoms with Gasteiger partial charge in [0.05, 0.1) is 0 Å². The summed E-state index contributed by atoms with van der Waals surface area (Å²) in [5, 5.41) is 0. The van der Waals surface area contributed by atoms with Gasteiger partial charge in [0.1, 0.15) is 5.82 Å². The zero-order valence-corrected chi connectivity index (χ0v) is 10.5. The van der Waals surface area contributed by atoms with Crippen LogP contribution in [-0.2, 0) is 13.0 Å². The predicted octanol–water partition coefficient (Wildman–Crippen LogP) is 2.59. The van der Waals surface area contributed by atoms with E-state index in [-0.39, 0.29) is 0 Å². The highest BCUT2D eigenvalue weighted by atomic mass is 15.1. The van der Waals surface area contributed by atoms with E-state index < -0.39 is 0 Å². The van der Waals surface area contributed by atoms with E-state index in [1.54, 1.807) is 0 Å².